The second-order valence-electron chi connectivity index (χ2n) is 6.43. The first-order valence-corrected chi connectivity index (χ1v) is 11.8. The van der Waals surface area contributed by atoms with Gasteiger partial charge in [-0.05, 0) is 31.6 Å². The molecule has 2 atom stereocenters. The third-order valence-corrected chi connectivity index (χ3v) is 6.70. The number of halogens is 1. The Hall–Kier alpha value is -0.953. The van der Waals surface area contributed by atoms with Crippen molar-refractivity contribution in [1.29, 1.82) is 0 Å². The van der Waals surface area contributed by atoms with Crippen molar-refractivity contribution < 1.29 is 18.7 Å². The third kappa shape index (κ3) is 6.51. The highest BCUT2D eigenvalue weighted by Crippen LogP contribution is 2.30. The van der Waals surface area contributed by atoms with Gasteiger partial charge in [0, 0.05) is 0 Å². The van der Waals surface area contributed by atoms with Gasteiger partial charge in [0.15, 0.2) is 8.32 Å². The number of carbonyl (C=O) groups is 1. The predicted molar refractivity (Wildman–Crippen MR) is 103 cm³/mol. The number of carbonyl (C=O) groups excluding carboxylic acids is 1. The molecule has 4 nitrogen and oxygen atoms in total. The summed E-state index contributed by atoms with van der Waals surface area (Å²) in [5.41, 5.74) is 1.08. The van der Waals surface area contributed by atoms with E-state index in [1.807, 2.05) is 36.4 Å². The van der Waals surface area contributed by atoms with Crippen molar-refractivity contribution in [2.24, 2.45) is 0 Å². The van der Waals surface area contributed by atoms with E-state index in [4.69, 9.17) is 13.9 Å². The molecule has 0 heterocycles. The van der Waals surface area contributed by atoms with Crippen LogP contribution in [-0.4, -0.2) is 38.4 Å². The Labute approximate surface area is 154 Å². The smallest absolute Gasteiger partial charge is 0.325 e. The van der Waals surface area contributed by atoms with Gasteiger partial charge in [-0.1, -0.05) is 52.3 Å². The fraction of sp³-hybridized carbons (Fsp3) is 0.500. The van der Waals surface area contributed by atoms with Crippen LogP contribution >= 0.6 is 15.9 Å². The lowest BCUT2D eigenvalue weighted by atomic mass is 10.1. The summed E-state index contributed by atoms with van der Waals surface area (Å²) in [7, 11) is -0.629. The first-order chi connectivity index (χ1) is 11.2. The Morgan fingerprint density at radius 2 is 2.00 bits per heavy atom. The van der Waals surface area contributed by atoms with Gasteiger partial charge in [0.1, 0.15) is 4.32 Å². The monoisotopic (exact) mass is 414 g/mol. The van der Waals surface area contributed by atoms with E-state index in [0.29, 0.717) is 13.2 Å². The van der Waals surface area contributed by atoms with Gasteiger partial charge in [0.05, 0.1) is 26.4 Å². The van der Waals surface area contributed by atoms with Crippen LogP contribution in [0.25, 0.3) is 0 Å². The molecule has 0 amide bonds. The van der Waals surface area contributed by atoms with Crippen LogP contribution in [0.1, 0.15) is 12.5 Å². The summed E-state index contributed by atoms with van der Waals surface area (Å²) in [5.74, 6) is -0.376. The van der Waals surface area contributed by atoms with Crippen molar-refractivity contribution in [3.8, 4) is 0 Å². The first kappa shape index (κ1) is 21.1. The minimum Gasteiger partial charge on any atom is -0.468 e. The van der Waals surface area contributed by atoms with Crippen LogP contribution in [0.15, 0.2) is 43.0 Å². The highest BCUT2D eigenvalue weighted by molar-refractivity contribution is 9.10. The van der Waals surface area contributed by atoms with Crippen molar-refractivity contribution in [3.63, 3.8) is 0 Å². The molecule has 0 fully saturated rings. The Morgan fingerprint density at radius 1 is 1.38 bits per heavy atom. The highest BCUT2D eigenvalue weighted by atomic mass is 79.9. The molecule has 0 N–H and O–H groups in total. The Balaban J connectivity index is 2.80. The van der Waals surface area contributed by atoms with Crippen LogP contribution < -0.4 is 0 Å². The molecule has 1 aromatic carbocycles. The van der Waals surface area contributed by atoms with Crippen LogP contribution in [0.3, 0.4) is 0 Å². The highest BCUT2D eigenvalue weighted by Gasteiger charge is 2.43. The van der Waals surface area contributed by atoms with E-state index in [-0.39, 0.29) is 5.97 Å². The van der Waals surface area contributed by atoms with Crippen LogP contribution in [-0.2, 0) is 25.3 Å². The van der Waals surface area contributed by atoms with E-state index in [1.165, 1.54) is 7.11 Å². The number of hydrogen-bond donors (Lipinski definition) is 0. The quantitative estimate of drug-likeness (QED) is 0.247. The normalized spacial score (nSPS) is 15.4. The fourth-order valence-electron chi connectivity index (χ4n) is 2.27. The Morgan fingerprint density at radius 3 is 2.54 bits per heavy atom. The standard InChI is InChI=1S/C18H27BrO4Si/c1-6-12-24(4,5)23-16(18(2,19)17(20)21-3)14-22-13-15-10-8-7-9-11-15/h6-11,16H,1,12-14H2,2-5H3/t16-,18?/m1/s1. The van der Waals surface area contributed by atoms with Gasteiger partial charge < -0.3 is 13.9 Å². The van der Waals surface area contributed by atoms with E-state index in [9.17, 15) is 4.79 Å². The largest absolute Gasteiger partial charge is 0.468 e. The van der Waals surface area contributed by atoms with Gasteiger partial charge in [-0.15, -0.1) is 6.58 Å². The second kappa shape index (κ2) is 9.51. The molecule has 0 aliphatic rings. The van der Waals surface area contributed by atoms with Gasteiger partial charge in [-0.3, -0.25) is 4.79 Å². The maximum Gasteiger partial charge on any atom is 0.325 e. The predicted octanol–water partition coefficient (Wildman–Crippen LogP) is 4.31. The molecular formula is C18H27BrO4Si. The lowest BCUT2D eigenvalue weighted by molar-refractivity contribution is -0.146. The van der Waals surface area contributed by atoms with Crippen LogP contribution in [0.5, 0.6) is 0 Å². The SMILES string of the molecule is C=CC[Si](C)(C)O[C@H](COCc1ccccc1)C(C)(Br)C(=O)OC. The molecule has 0 saturated heterocycles. The summed E-state index contributed by atoms with van der Waals surface area (Å²) in [6, 6.07) is 10.7. The lowest BCUT2D eigenvalue weighted by Crippen LogP contribution is -2.51. The van der Waals surface area contributed by atoms with Gasteiger partial charge in [0.25, 0.3) is 0 Å². The van der Waals surface area contributed by atoms with E-state index in [2.05, 4.69) is 35.6 Å². The average Bonchev–Trinajstić information content (AvgIpc) is 2.53. The van der Waals surface area contributed by atoms with Gasteiger partial charge in [0.2, 0.25) is 0 Å². The molecule has 0 spiro atoms. The van der Waals surface area contributed by atoms with Crippen molar-refractivity contribution in [3.05, 3.63) is 48.6 Å². The zero-order valence-corrected chi connectivity index (χ0v) is 17.5. The van der Waals surface area contributed by atoms with Crippen LogP contribution in [0.2, 0.25) is 19.1 Å². The van der Waals surface area contributed by atoms with Crippen LogP contribution in [0.4, 0.5) is 0 Å². The van der Waals surface area contributed by atoms with Crippen molar-refractivity contribution in [2.45, 2.75) is 43.1 Å². The van der Waals surface area contributed by atoms with E-state index < -0.39 is 18.7 Å². The minimum absolute atomic E-state index is 0.291. The third-order valence-electron chi connectivity index (χ3n) is 3.67. The van der Waals surface area contributed by atoms with Crippen molar-refractivity contribution in [1.82, 2.24) is 0 Å². The molecule has 0 aliphatic heterocycles. The van der Waals surface area contributed by atoms with E-state index in [1.54, 1.807) is 6.92 Å². The lowest BCUT2D eigenvalue weighted by Gasteiger charge is -2.35. The Bertz CT molecular complexity index is 531. The maximum atomic E-state index is 12.1. The number of hydrogen-bond acceptors (Lipinski definition) is 4. The molecule has 0 aromatic heterocycles. The van der Waals surface area contributed by atoms with Gasteiger partial charge in [-0.2, -0.15) is 0 Å². The second-order valence-corrected chi connectivity index (χ2v) is 12.2. The zero-order valence-electron chi connectivity index (χ0n) is 14.9. The van der Waals surface area contributed by atoms with Crippen molar-refractivity contribution >= 4 is 30.2 Å². The van der Waals surface area contributed by atoms with Gasteiger partial charge >= 0.3 is 5.97 Å². The number of ether oxygens (including phenoxy) is 2. The van der Waals surface area contributed by atoms with Crippen LogP contribution in [0, 0.1) is 0 Å². The van der Waals surface area contributed by atoms with Gasteiger partial charge in [-0.25, -0.2) is 0 Å². The molecule has 0 saturated carbocycles. The number of alkyl halides is 1. The molecule has 6 heteroatoms. The Kier molecular flexibility index (Phi) is 8.36. The molecule has 134 valence electrons. The summed E-state index contributed by atoms with van der Waals surface area (Å²) in [5, 5.41) is 0. The fourth-order valence-corrected chi connectivity index (χ4v) is 4.70. The average molecular weight is 415 g/mol. The minimum atomic E-state index is -2.00. The molecule has 24 heavy (non-hydrogen) atoms. The summed E-state index contributed by atoms with van der Waals surface area (Å²) in [6.07, 6.45) is 1.41. The number of methoxy groups -OCH3 is 1. The summed E-state index contributed by atoms with van der Waals surface area (Å²) in [6.45, 7) is 10.5. The van der Waals surface area contributed by atoms with E-state index in [0.717, 1.165) is 11.6 Å². The summed E-state index contributed by atoms with van der Waals surface area (Å²) >= 11 is 3.48. The molecule has 0 aliphatic carbocycles. The topological polar surface area (TPSA) is 44.8 Å². The zero-order chi connectivity index (χ0) is 18.2. The number of benzene rings is 1. The molecule has 0 radical (unpaired) electrons. The molecule has 1 aromatic rings. The van der Waals surface area contributed by atoms with Crippen molar-refractivity contribution in [2.75, 3.05) is 13.7 Å². The first-order valence-electron chi connectivity index (χ1n) is 7.90. The number of rotatable bonds is 10. The molecule has 1 unspecified atom stereocenters. The summed E-state index contributed by atoms with van der Waals surface area (Å²) in [4.78, 5) is 12.1. The number of allylic oxidation sites excluding steroid dienone is 1. The molecule has 0 bridgehead atoms. The van der Waals surface area contributed by atoms with E-state index >= 15 is 0 Å². The molecular weight excluding hydrogens is 388 g/mol. The number of esters is 1. The molecule has 1 rings (SSSR count). The maximum absolute atomic E-state index is 12.1. The summed E-state index contributed by atoms with van der Waals surface area (Å²) < 4.78 is 16.1.